The van der Waals surface area contributed by atoms with Crippen molar-refractivity contribution in [3.63, 3.8) is 0 Å². The highest BCUT2D eigenvalue weighted by atomic mass is 16.5. The molecule has 0 N–H and O–H groups in total. The van der Waals surface area contributed by atoms with Gasteiger partial charge in [-0.25, -0.2) is 4.98 Å². The Balaban J connectivity index is 1.44. The molecule has 0 amide bonds. The summed E-state index contributed by atoms with van der Waals surface area (Å²) in [6.07, 6.45) is 5.88. The fraction of sp³-hybridized carbons (Fsp3) is 0.333. The molecule has 1 aliphatic heterocycles. The van der Waals surface area contributed by atoms with Gasteiger partial charge in [0.2, 0.25) is 0 Å². The first-order chi connectivity index (χ1) is 14.6. The highest BCUT2D eigenvalue weighted by Gasteiger charge is 2.22. The summed E-state index contributed by atoms with van der Waals surface area (Å²) in [6.45, 7) is 2.43. The molecule has 1 aromatic carbocycles. The lowest BCUT2D eigenvalue weighted by molar-refractivity contribution is 0.257. The summed E-state index contributed by atoms with van der Waals surface area (Å²) in [5.74, 6) is 1.52. The summed E-state index contributed by atoms with van der Waals surface area (Å²) in [5.41, 5.74) is 1.68. The molecule has 0 spiro atoms. The fourth-order valence-corrected chi connectivity index (χ4v) is 3.80. The number of aromatic nitrogens is 2. The Kier molecular flexibility index (Phi) is 6.14. The predicted molar refractivity (Wildman–Crippen MR) is 120 cm³/mol. The van der Waals surface area contributed by atoms with Gasteiger partial charge in [0.15, 0.2) is 0 Å². The third-order valence-electron chi connectivity index (χ3n) is 5.60. The van der Waals surface area contributed by atoms with Gasteiger partial charge in [-0.1, -0.05) is 30.3 Å². The van der Waals surface area contributed by atoms with Gasteiger partial charge in [0, 0.05) is 31.4 Å². The largest absolute Gasteiger partial charge is 0.489 e. The van der Waals surface area contributed by atoms with E-state index in [2.05, 4.69) is 28.9 Å². The molecule has 0 bridgehead atoms. The van der Waals surface area contributed by atoms with E-state index in [1.54, 1.807) is 17.0 Å². The van der Waals surface area contributed by atoms with Gasteiger partial charge in [-0.15, -0.1) is 0 Å². The molecule has 6 heteroatoms. The number of rotatable bonds is 6. The van der Waals surface area contributed by atoms with E-state index in [0.717, 1.165) is 36.6 Å². The lowest BCUT2D eigenvalue weighted by Crippen LogP contribution is -2.45. The summed E-state index contributed by atoms with van der Waals surface area (Å²) in [7, 11) is 4.26. The molecule has 1 atom stereocenters. The minimum absolute atomic E-state index is 0.138. The Morgan fingerprint density at radius 1 is 1.13 bits per heavy atom. The third kappa shape index (κ3) is 4.71. The maximum Gasteiger partial charge on any atom is 0.258 e. The standard InChI is InChI=1S/C24H28N4O2/c1-26(2)21-9-6-13-27(17-21)23-11-10-20(16-25-23)28-14-12-22(15-24(28)29)30-18-19-7-4-3-5-8-19/h3-5,7-8,10-12,14-16,21H,6,9,13,17-18H2,1-2H3. The van der Waals surface area contributed by atoms with Crippen LogP contribution in [0.2, 0.25) is 0 Å². The average molecular weight is 405 g/mol. The second kappa shape index (κ2) is 9.13. The molecule has 1 aliphatic rings. The molecule has 3 aromatic rings. The Bertz CT molecular complexity index is 1020. The van der Waals surface area contributed by atoms with Crippen LogP contribution in [-0.2, 0) is 6.61 Å². The van der Waals surface area contributed by atoms with Crippen molar-refractivity contribution in [1.82, 2.24) is 14.5 Å². The zero-order chi connectivity index (χ0) is 20.9. The quantitative estimate of drug-likeness (QED) is 0.631. The molecular weight excluding hydrogens is 376 g/mol. The lowest BCUT2D eigenvalue weighted by atomic mass is 10.1. The highest BCUT2D eigenvalue weighted by molar-refractivity contribution is 5.44. The minimum Gasteiger partial charge on any atom is -0.489 e. The number of likely N-dealkylation sites (N-methyl/N-ethyl adjacent to an activating group) is 1. The SMILES string of the molecule is CN(C)C1CCCN(c2ccc(-n3ccc(OCc4ccccc4)cc3=O)cn2)C1. The summed E-state index contributed by atoms with van der Waals surface area (Å²) in [6, 6.07) is 17.7. The first-order valence-electron chi connectivity index (χ1n) is 10.4. The topological polar surface area (TPSA) is 50.6 Å². The van der Waals surface area contributed by atoms with Gasteiger partial charge < -0.3 is 14.5 Å². The molecule has 1 unspecified atom stereocenters. The summed E-state index contributed by atoms with van der Waals surface area (Å²) in [5, 5.41) is 0. The first-order valence-corrected chi connectivity index (χ1v) is 10.4. The molecule has 0 saturated carbocycles. The van der Waals surface area contributed by atoms with Crippen LogP contribution in [0, 0.1) is 0 Å². The van der Waals surface area contributed by atoms with Crippen LogP contribution in [0.3, 0.4) is 0 Å². The van der Waals surface area contributed by atoms with E-state index in [-0.39, 0.29) is 5.56 Å². The van der Waals surface area contributed by atoms with E-state index < -0.39 is 0 Å². The number of piperidine rings is 1. The maximum atomic E-state index is 12.6. The monoisotopic (exact) mass is 404 g/mol. The number of hydrogen-bond acceptors (Lipinski definition) is 5. The van der Waals surface area contributed by atoms with Crippen molar-refractivity contribution < 1.29 is 4.74 Å². The molecule has 2 aromatic heterocycles. The Labute approximate surface area is 177 Å². The van der Waals surface area contributed by atoms with Crippen molar-refractivity contribution in [2.24, 2.45) is 0 Å². The first kappa shape index (κ1) is 20.2. The molecule has 1 saturated heterocycles. The Morgan fingerprint density at radius 2 is 1.97 bits per heavy atom. The van der Waals surface area contributed by atoms with Crippen LogP contribution in [0.1, 0.15) is 18.4 Å². The van der Waals surface area contributed by atoms with Crippen LogP contribution in [0.15, 0.2) is 71.8 Å². The van der Waals surface area contributed by atoms with Crippen molar-refractivity contribution >= 4 is 5.82 Å². The van der Waals surface area contributed by atoms with Crippen LogP contribution in [0.25, 0.3) is 5.69 Å². The zero-order valence-electron chi connectivity index (χ0n) is 17.6. The molecule has 4 rings (SSSR count). The van der Waals surface area contributed by atoms with Crippen molar-refractivity contribution in [2.45, 2.75) is 25.5 Å². The molecule has 156 valence electrons. The van der Waals surface area contributed by atoms with E-state index in [1.165, 1.54) is 12.5 Å². The summed E-state index contributed by atoms with van der Waals surface area (Å²) < 4.78 is 7.34. The fourth-order valence-electron chi connectivity index (χ4n) is 3.80. The number of ether oxygens (including phenoxy) is 1. The van der Waals surface area contributed by atoms with Gasteiger partial charge in [-0.3, -0.25) is 9.36 Å². The van der Waals surface area contributed by atoms with Crippen LogP contribution < -0.4 is 15.2 Å². The Hall–Kier alpha value is -3.12. The van der Waals surface area contributed by atoms with E-state index in [4.69, 9.17) is 4.74 Å². The van der Waals surface area contributed by atoms with Crippen LogP contribution >= 0.6 is 0 Å². The zero-order valence-corrected chi connectivity index (χ0v) is 17.6. The molecule has 1 fully saturated rings. The molecule has 0 radical (unpaired) electrons. The average Bonchev–Trinajstić information content (AvgIpc) is 2.79. The van der Waals surface area contributed by atoms with Crippen molar-refractivity contribution in [2.75, 3.05) is 32.1 Å². The summed E-state index contributed by atoms with van der Waals surface area (Å²) >= 11 is 0. The molecular formula is C24H28N4O2. The van der Waals surface area contributed by atoms with Gasteiger partial charge in [0.1, 0.15) is 18.2 Å². The second-order valence-electron chi connectivity index (χ2n) is 7.93. The Morgan fingerprint density at radius 3 is 2.67 bits per heavy atom. The smallest absolute Gasteiger partial charge is 0.258 e. The number of hydrogen-bond donors (Lipinski definition) is 0. The van der Waals surface area contributed by atoms with Gasteiger partial charge in [0.25, 0.3) is 5.56 Å². The number of nitrogens with zero attached hydrogens (tertiary/aromatic N) is 4. The van der Waals surface area contributed by atoms with Crippen molar-refractivity contribution in [3.05, 3.63) is 82.9 Å². The number of benzene rings is 1. The van der Waals surface area contributed by atoms with Gasteiger partial charge in [0.05, 0.1) is 11.9 Å². The van der Waals surface area contributed by atoms with Crippen LogP contribution in [0.4, 0.5) is 5.82 Å². The van der Waals surface area contributed by atoms with Crippen molar-refractivity contribution in [3.8, 4) is 11.4 Å². The molecule has 6 nitrogen and oxygen atoms in total. The van der Waals surface area contributed by atoms with E-state index in [0.29, 0.717) is 18.4 Å². The molecule has 30 heavy (non-hydrogen) atoms. The molecule has 3 heterocycles. The van der Waals surface area contributed by atoms with Crippen LogP contribution in [-0.4, -0.2) is 47.7 Å². The van der Waals surface area contributed by atoms with E-state index >= 15 is 0 Å². The van der Waals surface area contributed by atoms with Gasteiger partial charge in [-0.05, 0) is 50.7 Å². The summed E-state index contributed by atoms with van der Waals surface area (Å²) in [4.78, 5) is 21.8. The number of pyridine rings is 2. The highest BCUT2D eigenvalue weighted by Crippen LogP contribution is 2.21. The van der Waals surface area contributed by atoms with Gasteiger partial charge in [-0.2, -0.15) is 0 Å². The predicted octanol–water partition coefficient (Wildman–Crippen LogP) is 3.34. The van der Waals surface area contributed by atoms with Crippen molar-refractivity contribution in [1.29, 1.82) is 0 Å². The normalized spacial score (nSPS) is 16.6. The maximum absolute atomic E-state index is 12.6. The number of anilines is 1. The van der Waals surface area contributed by atoms with Gasteiger partial charge >= 0.3 is 0 Å². The third-order valence-corrected chi connectivity index (χ3v) is 5.60. The molecule has 0 aliphatic carbocycles. The minimum atomic E-state index is -0.138. The second-order valence-corrected chi connectivity index (χ2v) is 7.93. The van der Waals surface area contributed by atoms with Crippen LogP contribution in [0.5, 0.6) is 5.75 Å². The van der Waals surface area contributed by atoms with E-state index in [9.17, 15) is 4.79 Å². The van der Waals surface area contributed by atoms with E-state index in [1.807, 2.05) is 48.5 Å². The lowest BCUT2D eigenvalue weighted by Gasteiger charge is -2.36.